The number of carbonyl (C=O) groups is 1. The molecular formula is C17H24N2O. The van der Waals surface area contributed by atoms with Gasteiger partial charge in [-0.1, -0.05) is 32.8 Å². The van der Waals surface area contributed by atoms with Gasteiger partial charge in [0.25, 0.3) is 5.91 Å². The SMILES string of the molecule is CC1CCCC(NC(=O)c2ccc3c(c2)NCC3)C1C. The van der Waals surface area contributed by atoms with E-state index in [-0.39, 0.29) is 5.91 Å². The molecule has 0 radical (unpaired) electrons. The Bertz CT molecular complexity index is 512. The molecule has 1 heterocycles. The first-order valence-electron chi connectivity index (χ1n) is 7.83. The molecule has 2 N–H and O–H groups in total. The van der Waals surface area contributed by atoms with Gasteiger partial charge in [0.1, 0.15) is 0 Å². The van der Waals surface area contributed by atoms with Crippen LogP contribution in [0.15, 0.2) is 18.2 Å². The van der Waals surface area contributed by atoms with E-state index in [1.54, 1.807) is 0 Å². The van der Waals surface area contributed by atoms with Crippen molar-refractivity contribution in [3.8, 4) is 0 Å². The van der Waals surface area contributed by atoms with E-state index in [1.165, 1.54) is 18.4 Å². The summed E-state index contributed by atoms with van der Waals surface area (Å²) < 4.78 is 0. The first-order chi connectivity index (χ1) is 9.65. The lowest BCUT2D eigenvalue weighted by Gasteiger charge is -2.34. The summed E-state index contributed by atoms with van der Waals surface area (Å²) in [5.41, 5.74) is 3.23. The molecule has 3 rings (SSSR count). The number of hydrogen-bond donors (Lipinski definition) is 2. The van der Waals surface area contributed by atoms with Crippen LogP contribution in [-0.2, 0) is 6.42 Å². The molecule has 0 aromatic heterocycles. The summed E-state index contributed by atoms with van der Waals surface area (Å²) in [5.74, 6) is 1.35. The zero-order valence-electron chi connectivity index (χ0n) is 12.4. The summed E-state index contributed by atoms with van der Waals surface area (Å²) in [4.78, 5) is 12.4. The molecule has 0 bridgehead atoms. The van der Waals surface area contributed by atoms with Crippen LogP contribution < -0.4 is 10.6 Å². The highest BCUT2D eigenvalue weighted by molar-refractivity contribution is 5.95. The van der Waals surface area contributed by atoms with Crippen molar-refractivity contribution in [1.82, 2.24) is 5.32 Å². The topological polar surface area (TPSA) is 41.1 Å². The first-order valence-corrected chi connectivity index (χ1v) is 7.83. The molecule has 2 aliphatic rings. The van der Waals surface area contributed by atoms with Crippen LogP contribution in [0.25, 0.3) is 0 Å². The number of fused-ring (bicyclic) bond motifs is 1. The van der Waals surface area contributed by atoms with Crippen molar-refractivity contribution in [2.75, 3.05) is 11.9 Å². The number of rotatable bonds is 2. The Balaban J connectivity index is 1.70. The minimum Gasteiger partial charge on any atom is -0.384 e. The van der Waals surface area contributed by atoms with E-state index in [0.29, 0.717) is 17.9 Å². The van der Waals surface area contributed by atoms with Gasteiger partial charge in [-0.25, -0.2) is 0 Å². The molecule has 1 amide bonds. The zero-order valence-corrected chi connectivity index (χ0v) is 12.4. The number of amides is 1. The smallest absolute Gasteiger partial charge is 0.251 e. The predicted octanol–water partition coefficient (Wildman–Crippen LogP) is 3.21. The van der Waals surface area contributed by atoms with Gasteiger partial charge in [-0.15, -0.1) is 0 Å². The third-order valence-electron chi connectivity index (χ3n) is 5.11. The number of carbonyl (C=O) groups excluding carboxylic acids is 1. The highest BCUT2D eigenvalue weighted by Crippen LogP contribution is 2.30. The third-order valence-corrected chi connectivity index (χ3v) is 5.11. The van der Waals surface area contributed by atoms with Gasteiger partial charge in [0.2, 0.25) is 0 Å². The second-order valence-corrected chi connectivity index (χ2v) is 6.40. The van der Waals surface area contributed by atoms with E-state index in [2.05, 4.69) is 30.5 Å². The zero-order chi connectivity index (χ0) is 14.1. The first kappa shape index (κ1) is 13.5. The van der Waals surface area contributed by atoms with Crippen molar-refractivity contribution >= 4 is 11.6 Å². The van der Waals surface area contributed by atoms with Crippen LogP contribution in [-0.4, -0.2) is 18.5 Å². The molecule has 3 heteroatoms. The van der Waals surface area contributed by atoms with E-state index in [4.69, 9.17) is 0 Å². The van der Waals surface area contributed by atoms with E-state index in [1.807, 2.05) is 12.1 Å². The van der Waals surface area contributed by atoms with Crippen molar-refractivity contribution < 1.29 is 4.79 Å². The van der Waals surface area contributed by atoms with Gasteiger partial charge in [-0.2, -0.15) is 0 Å². The largest absolute Gasteiger partial charge is 0.384 e. The highest BCUT2D eigenvalue weighted by Gasteiger charge is 2.28. The van der Waals surface area contributed by atoms with E-state index in [9.17, 15) is 4.79 Å². The maximum absolute atomic E-state index is 12.4. The lowest BCUT2D eigenvalue weighted by molar-refractivity contribution is 0.0891. The van der Waals surface area contributed by atoms with Crippen LogP contribution in [0.5, 0.6) is 0 Å². The normalized spacial score (nSPS) is 28.6. The summed E-state index contributed by atoms with van der Waals surface area (Å²) >= 11 is 0. The fourth-order valence-electron chi connectivity index (χ4n) is 3.47. The summed E-state index contributed by atoms with van der Waals surface area (Å²) in [7, 11) is 0. The van der Waals surface area contributed by atoms with Crippen molar-refractivity contribution in [2.45, 2.75) is 45.6 Å². The highest BCUT2D eigenvalue weighted by atomic mass is 16.1. The Morgan fingerprint density at radius 3 is 3.00 bits per heavy atom. The Morgan fingerprint density at radius 1 is 1.30 bits per heavy atom. The third kappa shape index (κ3) is 2.54. The van der Waals surface area contributed by atoms with Crippen LogP contribution in [0.1, 0.15) is 49.0 Å². The van der Waals surface area contributed by atoms with Gasteiger partial charge >= 0.3 is 0 Å². The second-order valence-electron chi connectivity index (χ2n) is 6.40. The Kier molecular flexibility index (Phi) is 3.68. The Labute approximate surface area is 121 Å². The van der Waals surface area contributed by atoms with E-state index >= 15 is 0 Å². The minimum absolute atomic E-state index is 0.0763. The van der Waals surface area contributed by atoms with Crippen molar-refractivity contribution in [2.24, 2.45) is 11.8 Å². The molecular weight excluding hydrogens is 248 g/mol. The van der Waals surface area contributed by atoms with Gasteiger partial charge in [0.15, 0.2) is 0 Å². The number of benzene rings is 1. The summed E-state index contributed by atoms with van der Waals surface area (Å²) in [6, 6.07) is 6.36. The van der Waals surface area contributed by atoms with E-state index in [0.717, 1.165) is 30.6 Å². The molecule has 3 atom stereocenters. The van der Waals surface area contributed by atoms with Gasteiger partial charge in [0, 0.05) is 23.8 Å². The van der Waals surface area contributed by atoms with Crippen LogP contribution in [0.2, 0.25) is 0 Å². The molecule has 1 aliphatic heterocycles. The molecule has 1 aromatic rings. The molecule has 1 aliphatic carbocycles. The number of hydrogen-bond acceptors (Lipinski definition) is 2. The van der Waals surface area contributed by atoms with E-state index < -0.39 is 0 Å². The standard InChI is InChI=1S/C17H24N2O/c1-11-4-3-5-15(12(11)2)19-17(20)14-7-6-13-8-9-18-16(13)10-14/h6-7,10-12,15,18H,3-5,8-9H2,1-2H3,(H,19,20). The average molecular weight is 272 g/mol. The maximum atomic E-state index is 12.4. The van der Waals surface area contributed by atoms with Gasteiger partial charge < -0.3 is 10.6 Å². The monoisotopic (exact) mass is 272 g/mol. The molecule has 0 spiro atoms. The lowest BCUT2D eigenvalue weighted by atomic mass is 9.78. The van der Waals surface area contributed by atoms with Gasteiger partial charge in [0.05, 0.1) is 0 Å². The molecule has 1 aromatic carbocycles. The molecule has 1 saturated carbocycles. The van der Waals surface area contributed by atoms with Gasteiger partial charge in [-0.05, 0) is 42.4 Å². The van der Waals surface area contributed by atoms with Crippen molar-refractivity contribution in [3.05, 3.63) is 29.3 Å². The van der Waals surface area contributed by atoms with Crippen molar-refractivity contribution in [3.63, 3.8) is 0 Å². The Hall–Kier alpha value is -1.51. The molecule has 3 unspecified atom stereocenters. The molecule has 0 saturated heterocycles. The minimum atomic E-state index is 0.0763. The van der Waals surface area contributed by atoms with Gasteiger partial charge in [-0.3, -0.25) is 4.79 Å². The maximum Gasteiger partial charge on any atom is 0.251 e. The summed E-state index contributed by atoms with van der Waals surface area (Å²) in [6.07, 6.45) is 4.69. The number of anilines is 1. The van der Waals surface area contributed by atoms with Crippen LogP contribution in [0, 0.1) is 11.8 Å². The second kappa shape index (κ2) is 5.47. The quantitative estimate of drug-likeness (QED) is 0.868. The molecule has 108 valence electrons. The van der Waals surface area contributed by atoms with Crippen LogP contribution in [0.3, 0.4) is 0 Å². The molecule has 3 nitrogen and oxygen atoms in total. The Morgan fingerprint density at radius 2 is 2.15 bits per heavy atom. The average Bonchev–Trinajstić information content (AvgIpc) is 2.91. The number of nitrogens with one attached hydrogen (secondary N) is 2. The van der Waals surface area contributed by atoms with Crippen LogP contribution in [0.4, 0.5) is 5.69 Å². The molecule has 20 heavy (non-hydrogen) atoms. The molecule has 1 fully saturated rings. The summed E-state index contributed by atoms with van der Waals surface area (Å²) in [5, 5.41) is 6.57. The fraction of sp³-hybridized carbons (Fsp3) is 0.588. The predicted molar refractivity (Wildman–Crippen MR) is 82.1 cm³/mol. The lowest BCUT2D eigenvalue weighted by Crippen LogP contribution is -2.43. The summed E-state index contributed by atoms with van der Waals surface area (Å²) in [6.45, 7) is 5.54. The van der Waals surface area contributed by atoms with Crippen LogP contribution >= 0.6 is 0 Å². The van der Waals surface area contributed by atoms with Crippen molar-refractivity contribution in [1.29, 1.82) is 0 Å². The fourth-order valence-corrected chi connectivity index (χ4v) is 3.47.